The highest BCUT2D eigenvalue weighted by Crippen LogP contribution is 2.33. The summed E-state index contributed by atoms with van der Waals surface area (Å²) < 4.78 is 5.59. The van der Waals surface area contributed by atoms with Crippen LogP contribution in [0.15, 0.2) is 48.5 Å². The topological polar surface area (TPSA) is 95.5 Å². The van der Waals surface area contributed by atoms with Crippen molar-refractivity contribution < 1.29 is 14.6 Å². The standard InChI is InChI=1S/C15H12Br2N2O5/c16-14(9-24-13-6-4-11(5-7-13)18(20)21)15(17)10-2-1-3-12(8-10)19(22)23/h1-8,14-15H,9H2. The molecule has 0 saturated heterocycles. The van der Waals surface area contributed by atoms with Gasteiger partial charge in [0.25, 0.3) is 11.4 Å². The molecule has 9 heteroatoms. The van der Waals surface area contributed by atoms with E-state index in [0.717, 1.165) is 5.56 Å². The number of rotatable bonds is 7. The normalized spacial score (nSPS) is 13.1. The fourth-order valence-corrected chi connectivity index (χ4v) is 2.82. The van der Waals surface area contributed by atoms with E-state index in [1.807, 2.05) is 0 Å². The number of nitro benzene ring substituents is 2. The quantitative estimate of drug-likeness (QED) is 0.337. The van der Waals surface area contributed by atoms with Gasteiger partial charge in [-0.05, 0) is 17.7 Å². The van der Waals surface area contributed by atoms with Crippen molar-refractivity contribution in [3.05, 3.63) is 74.3 Å². The van der Waals surface area contributed by atoms with E-state index in [1.54, 1.807) is 12.1 Å². The van der Waals surface area contributed by atoms with Crippen molar-refractivity contribution in [3.8, 4) is 5.75 Å². The average Bonchev–Trinajstić information content (AvgIpc) is 2.59. The summed E-state index contributed by atoms with van der Waals surface area (Å²) in [4.78, 5) is 20.2. The predicted molar refractivity (Wildman–Crippen MR) is 96.1 cm³/mol. The largest absolute Gasteiger partial charge is 0.492 e. The van der Waals surface area contributed by atoms with E-state index >= 15 is 0 Å². The zero-order chi connectivity index (χ0) is 17.7. The lowest BCUT2D eigenvalue weighted by Gasteiger charge is -2.17. The molecule has 2 rings (SSSR count). The van der Waals surface area contributed by atoms with Gasteiger partial charge < -0.3 is 4.74 Å². The fraction of sp³-hybridized carbons (Fsp3) is 0.200. The summed E-state index contributed by atoms with van der Waals surface area (Å²) in [7, 11) is 0. The van der Waals surface area contributed by atoms with Crippen molar-refractivity contribution in [2.45, 2.75) is 9.65 Å². The number of ether oxygens (including phenoxy) is 1. The third-order valence-electron chi connectivity index (χ3n) is 3.17. The fourth-order valence-electron chi connectivity index (χ4n) is 1.94. The van der Waals surface area contributed by atoms with E-state index in [1.165, 1.54) is 36.4 Å². The molecule has 0 fully saturated rings. The zero-order valence-corrected chi connectivity index (χ0v) is 15.3. The summed E-state index contributed by atoms with van der Waals surface area (Å²) in [5, 5.41) is 21.4. The van der Waals surface area contributed by atoms with Gasteiger partial charge in [-0.3, -0.25) is 20.2 Å². The molecule has 0 aromatic heterocycles. The van der Waals surface area contributed by atoms with E-state index in [0.29, 0.717) is 5.75 Å². The Morgan fingerprint density at radius 3 is 2.17 bits per heavy atom. The minimum atomic E-state index is -0.478. The molecular formula is C15H12Br2N2O5. The number of hydrogen-bond donors (Lipinski definition) is 0. The van der Waals surface area contributed by atoms with E-state index in [-0.39, 0.29) is 27.6 Å². The molecule has 0 radical (unpaired) electrons. The monoisotopic (exact) mass is 458 g/mol. The molecule has 0 N–H and O–H groups in total. The summed E-state index contributed by atoms with van der Waals surface area (Å²) in [6.07, 6.45) is 0. The number of alkyl halides is 2. The first-order chi connectivity index (χ1) is 11.4. The highest BCUT2D eigenvalue weighted by Gasteiger charge is 2.20. The Balaban J connectivity index is 1.98. The van der Waals surface area contributed by atoms with Gasteiger partial charge in [-0.1, -0.05) is 44.0 Å². The van der Waals surface area contributed by atoms with Crippen LogP contribution in [0.4, 0.5) is 11.4 Å². The van der Waals surface area contributed by atoms with Gasteiger partial charge in [0.05, 0.1) is 19.5 Å². The molecule has 0 heterocycles. The van der Waals surface area contributed by atoms with E-state index in [9.17, 15) is 20.2 Å². The Labute approximate surface area is 154 Å². The molecule has 7 nitrogen and oxygen atoms in total. The van der Waals surface area contributed by atoms with Crippen LogP contribution in [0.3, 0.4) is 0 Å². The van der Waals surface area contributed by atoms with E-state index in [4.69, 9.17) is 4.74 Å². The second-order valence-corrected chi connectivity index (χ2v) is 6.99. The molecule has 0 saturated carbocycles. The molecule has 0 aliphatic rings. The second kappa shape index (κ2) is 8.20. The van der Waals surface area contributed by atoms with Crippen molar-refractivity contribution in [1.82, 2.24) is 0 Å². The van der Waals surface area contributed by atoms with Crippen LogP contribution < -0.4 is 4.74 Å². The number of halogens is 2. The van der Waals surface area contributed by atoms with Crippen LogP contribution >= 0.6 is 31.9 Å². The lowest BCUT2D eigenvalue weighted by Crippen LogP contribution is -2.16. The molecule has 2 unspecified atom stereocenters. The Hall–Kier alpha value is -2.00. The zero-order valence-electron chi connectivity index (χ0n) is 12.2. The van der Waals surface area contributed by atoms with Gasteiger partial charge in [0.1, 0.15) is 12.4 Å². The number of benzene rings is 2. The highest BCUT2D eigenvalue weighted by atomic mass is 79.9. The van der Waals surface area contributed by atoms with Crippen molar-refractivity contribution in [3.63, 3.8) is 0 Å². The smallest absolute Gasteiger partial charge is 0.269 e. The summed E-state index contributed by atoms with van der Waals surface area (Å²) in [5.41, 5.74) is 0.763. The summed E-state index contributed by atoms with van der Waals surface area (Å²) >= 11 is 6.99. The number of non-ortho nitro benzene ring substituents is 2. The molecule has 0 bridgehead atoms. The van der Waals surface area contributed by atoms with Crippen LogP contribution in [0, 0.1) is 20.2 Å². The molecule has 0 aliphatic heterocycles. The number of nitro groups is 2. The van der Waals surface area contributed by atoms with Crippen LogP contribution in [0.2, 0.25) is 0 Å². The molecule has 0 aliphatic carbocycles. The Morgan fingerprint density at radius 1 is 0.958 bits per heavy atom. The van der Waals surface area contributed by atoms with Crippen LogP contribution in [-0.2, 0) is 0 Å². The lowest BCUT2D eigenvalue weighted by atomic mass is 10.1. The van der Waals surface area contributed by atoms with Gasteiger partial charge in [0.2, 0.25) is 0 Å². The van der Waals surface area contributed by atoms with Crippen molar-refractivity contribution in [2.75, 3.05) is 6.61 Å². The number of hydrogen-bond acceptors (Lipinski definition) is 5. The maximum Gasteiger partial charge on any atom is 0.269 e. The minimum Gasteiger partial charge on any atom is -0.492 e. The first-order valence-electron chi connectivity index (χ1n) is 6.78. The Bertz CT molecular complexity index is 739. The molecule has 24 heavy (non-hydrogen) atoms. The lowest BCUT2D eigenvalue weighted by molar-refractivity contribution is -0.385. The van der Waals surface area contributed by atoms with Crippen LogP contribution in [0.1, 0.15) is 10.4 Å². The summed E-state index contributed by atoms with van der Waals surface area (Å²) in [6.45, 7) is 0.274. The van der Waals surface area contributed by atoms with Crippen LogP contribution in [0.5, 0.6) is 5.75 Å². The molecule has 0 amide bonds. The van der Waals surface area contributed by atoms with Gasteiger partial charge in [-0.2, -0.15) is 0 Å². The third kappa shape index (κ3) is 4.75. The van der Waals surface area contributed by atoms with Crippen molar-refractivity contribution >= 4 is 43.2 Å². The van der Waals surface area contributed by atoms with Crippen LogP contribution in [-0.4, -0.2) is 21.3 Å². The highest BCUT2D eigenvalue weighted by molar-refractivity contribution is 9.12. The molecule has 2 aromatic carbocycles. The average molecular weight is 460 g/mol. The molecule has 2 aromatic rings. The second-order valence-electron chi connectivity index (χ2n) is 4.83. The SMILES string of the molecule is O=[N+]([O-])c1ccc(OCC(Br)C(Br)c2cccc([N+](=O)[O-])c2)cc1. The Kier molecular flexibility index (Phi) is 6.27. The maximum absolute atomic E-state index is 10.8. The predicted octanol–water partition coefficient (Wildman–Crippen LogP) is 4.78. The van der Waals surface area contributed by atoms with Gasteiger partial charge >= 0.3 is 0 Å². The van der Waals surface area contributed by atoms with Gasteiger partial charge in [0.15, 0.2) is 0 Å². The minimum absolute atomic E-state index is 0.00675. The first kappa shape index (κ1) is 18.3. The third-order valence-corrected chi connectivity index (χ3v) is 5.84. The van der Waals surface area contributed by atoms with Crippen molar-refractivity contribution in [2.24, 2.45) is 0 Å². The molecule has 2 atom stereocenters. The maximum atomic E-state index is 10.8. The summed E-state index contributed by atoms with van der Waals surface area (Å²) in [6, 6.07) is 12.1. The van der Waals surface area contributed by atoms with E-state index in [2.05, 4.69) is 31.9 Å². The first-order valence-corrected chi connectivity index (χ1v) is 8.61. The Morgan fingerprint density at radius 2 is 1.58 bits per heavy atom. The van der Waals surface area contributed by atoms with Gasteiger partial charge in [-0.15, -0.1) is 0 Å². The van der Waals surface area contributed by atoms with Gasteiger partial charge in [-0.25, -0.2) is 0 Å². The summed E-state index contributed by atoms with van der Waals surface area (Å²) in [5.74, 6) is 0.504. The van der Waals surface area contributed by atoms with Crippen molar-refractivity contribution in [1.29, 1.82) is 0 Å². The van der Waals surface area contributed by atoms with E-state index < -0.39 is 9.85 Å². The number of nitrogens with zero attached hydrogens (tertiary/aromatic N) is 2. The molecular weight excluding hydrogens is 448 g/mol. The van der Waals surface area contributed by atoms with Gasteiger partial charge in [0, 0.05) is 24.3 Å². The van der Waals surface area contributed by atoms with Crippen LogP contribution in [0.25, 0.3) is 0 Å². The molecule has 0 spiro atoms. The molecule has 126 valence electrons.